The number of azo groups is 1. The van der Waals surface area contributed by atoms with Gasteiger partial charge in [0.05, 0.1) is 11.3 Å². The van der Waals surface area contributed by atoms with Crippen LogP contribution in [0.5, 0.6) is 0 Å². The molecule has 5 aromatic rings. The number of carboxylic acid groups (broad SMARTS) is 1. The molecule has 0 bridgehead atoms. The Morgan fingerprint density at radius 3 is 1.49 bits per heavy atom. The van der Waals surface area contributed by atoms with Gasteiger partial charge in [0, 0.05) is 18.8 Å². The zero-order chi connectivity index (χ0) is 28.9. The maximum atomic E-state index is 11.1. The first-order valence-electron chi connectivity index (χ1n) is 13.7. The normalized spacial score (nSPS) is 10.7. The summed E-state index contributed by atoms with van der Waals surface area (Å²) in [7, 11) is 0. The van der Waals surface area contributed by atoms with E-state index in [1.807, 2.05) is 24.3 Å². The molecule has 0 aliphatic heterocycles. The van der Waals surface area contributed by atoms with E-state index in [1.54, 1.807) is 18.2 Å². The van der Waals surface area contributed by atoms with Gasteiger partial charge in [-0.05, 0) is 50.2 Å². The van der Waals surface area contributed by atoms with E-state index in [4.69, 9.17) is 5.11 Å². The van der Waals surface area contributed by atoms with Crippen molar-refractivity contribution in [3.8, 4) is 0 Å². The van der Waals surface area contributed by atoms with Crippen LogP contribution in [0.25, 0.3) is 0 Å². The van der Waals surface area contributed by atoms with Gasteiger partial charge in [0.2, 0.25) is 0 Å². The summed E-state index contributed by atoms with van der Waals surface area (Å²) < 4.78 is 4.59. The second-order valence-electron chi connectivity index (χ2n) is 9.18. The fourth-order valence-electron chi connectivity index (χ4n) is 4.49. The van der Waals surface area contributed by atoms with Crippen molar-refractivity contribution in [1.29, 1.82) is 0 Å². The summed E-state index contributed by atoms with van der Waals surface area (Å²) in [6.45, 7) is 6.12. The average molecular weight is 647 g/mol. The third-order valence-corrected chi connectivity index (χ3v) is 14.4. The summed E-state index contributed by atoms with van der Waals surface area (Å²) in [6.07, 6.45) is 0. The van der Waals surface area contributed by atoms with Crippen LogP contribution in [0.15, 0.2) is 150 Å². The summed E-state index contributed by atoms with van der Waals surface area (Å²) in [4.78, 5) is 13.3. The Hall–Kier alpha value is -4.23. The predicted molar refractivity (Wildman–Crippen MR) is 172 cm³/mol. The molecular weight excluding hydrogens is 613 g/mol. The van der Waals surface area contributed by atoms with E-state index < -0.39 is 25.7 Å². The van der Waals surface area contributed by atoms with Crippen LogP contribution >= 0.6 is 0 Å². The Kier molecular flexibility index (Phi) is 11.3. The predicted octanol–water partition coefficient (Wildman–Crippen LogP) is 6.85. The second kappa shape index (κ2) is 15.5. The van der Waals surface area contributed by atoms with Crippen LogP contribution in [0, 0.1) is 0 Å². The minimum atomic E-state index is -1.98. The number of anilines is 1. The second-order valence-corrected chi connectivity index (χ2v) is 16.3. The van der Waals surface area contributed by atoms with E-state index in [-0.39, 0.29) is 5.56 Å². The van der Waals surface area contributed by atoms with Gasteiger partial charge in [0.25, 0.3) is 0 Å². The fraction of sp³-hybridized carbons (Fsp3) is 0.114. The number of benzene rings is 5. The third-order valence-electron chi connectivity index (χ3n) is 6.57. The standard InChI is InChI=1S/C17H19N3O2.3C6H5.Sn/c1-3-20(4-2)14-11-9-13(10-12-14)18-19-16-8-6-5-7-15(16)17(21)22;3*1-2-4-6-5-3-1;/h5-12H,3-4H2,1-2H3,(H,21,22);3*1-5H;. The Labute approximate surface area is 249 Å². The molecule has 0 saturated carbocycles. The minimum absolute atomic E-state index is 0.144. The molecule has 0 aliphatic rings. The molecule has 0 saturated heterocycles. The van der Waals surface area contributed by atoms with Gasteiger partial charge in [0.1, 0.15) is 5.69 Å². The van der Waals surface area contributed by atoms with Crippen LogP contribution in [0.3, 0.4) is 0 Å². The van der Waals surface area contributed by atoms with E-state index in [0.717, 1.165) is 18.8 Å². The van der Waals surface area contributed by atoms with E-state index in [2.05, 4.69) is 120 Å². The van der Waals surface area contributed by atoms with Crippen molar-refractivity contribution in [3.05, 3.63) is 145 Å². The van der Waals surface area contributed by atoms with Crippen LogP contribution in [0.1, 0.15) is 24.2 Å². The Morgan fingerprint density at radius 2 is 1.05 bits per heavy atom. The monoisotopic (exact) mass is 648 g/mol. The fourth-order valence-corrected chi connectivity index (χ4v) is 11.8. The number of hydrogen-bond donors (Lipinski definition) is 1. The van der Waals surface area contributed by atoms with Gasteiger partial charge in [-0.2, -0.15) is 5.11 Å². The molecule has 0 aromatic heterocycles. The third kappa shape index (κ3) is 8.38. The Morgan fingerprint density at radius 1 is 0.610 bits per heavy atom. The number of hydrogen-bond acceptors (Lipinski definition) is 4. The van der Waals surface area contributed by atoms with Crippen molar-refractivity contribution in [1.82, 2.24) is 0 Å². The molecule has 0 fully saturated rings. The molecule has 0 unspecified atom stereocenters. The van der Waals surface area contributed by atoms with Crippen molar-refractivity contribution >= 4 is 53.5 Å². The molecule has 0 heterocycles. The van der Waals surface area contributed by atoms with E-state index in [9.17, 15) is 4.79 Å². The first-order chi connectivity index (χ1) is 20.1. The van der Waals surface area contributed by atoms with Crippen molar-refractivity contribution in [2.45, 2.75) is 13.8 Å². The van der Waals surface area contributed by atoms with E-state index in [0.29, 0.717) is 11.4 Å². The Balaban J connectivity index is 0.000000191. The SMILES string of the molecule is CCN(CC)c1ccc(N=Nc2ccccc2C(=O)O)cc1.c1cc[c]([Sn]([c]2ccccc2)[c]2ccccc2)cc1. The molecule has 1 radical (unpaired) electrons. The summed E-state index contributed by atoms with van der Waals surface area (Å²) >= 11 is -1.98. The molecule has 5 nitrogen and oxygen atoms in total. The van der Waals surface area contributed by atoms with Crippen LogP contribution in [0.2, 0.25) is 0 Å². The Bertz CT molecular complexity index is 1430. The average Bonchev–Trinajstić information content (AvgIpc) is 3.03. The van der Waals surface area contributed by atoms with Crippen molar-refractivity contribution < 1.29 is 9.90 Å². The van der Waals surface area contributed by atoms with Gasteiger partial charge >= 0.3 is 127 Å². The number of rotatable bonds is 9. The maximum absolute atomic E-state index is 11.1. The van der Waals surface area contributed by atoms with Gasteiger partial charge in [-0.15, -0.1) is 5.11 Å². The van der Waals surface area contributed by atoms with Gasteiger partial charge in [-0.25, -0.2) is 4.79 Å². The van der Waals surface area contributed by atoms with E-state index >= 15 is 0 Å². The first kappa shape index (κ1) is 29.7. The summed E-state index contributed by atoms with van der Waals surface area (Å²) in [6, 6.07) is 47.2. The van der Waals surface area contributed by atoms with Crippen LogP contribution in [-0.2, 0) is 0 Å². The van der Waals surface area contributed by atoms with Gasteiger partial charge in [0.15, 0.2) is 0 Å². The summed E-state index contributed by atoms with van der Waals surface area (Å²) in [5.74, 6) is -1.01. The van der Waals surface area contributed by atoms with Crippen molar-refractivity contribution in [3.63, 3.8) is 0 Å². The molecular formula is C35H34N3O2Sn. The molecule has 41 heavy (non-hydrogen) atoms. The first-order valence-corrected chi connectivity index (χ1v) is 18.0. The van der Waals surface area contributed by atoms with Gasteiger partial charge < -0.3 is 10.0 Å². The van der Waals surface area contributed by atoms with Gasteiger partial charge in [-0.3, -0.25) is 0 Å². The molecule has 5 rings (SSSR count). The molecule has 205 valence electrons. The molecule has 6 heteroatoms. The molecule has 0 amide bonds. The summed E-state index contributed by atoms with van der Waals surface area (Å²) in [5, 5.41) is 17.3. The van der Waals surface area contributed by atoms with Crippen LogP contribution < -0.4 is 15.6 Å². The zero-order valence-corrected chi connectivity index (χ0v) is 26.2. The number of aromatic carboxylic acids is 1. The molecule has 5 aromatic carbocycles. The molecule has 0 spiro atoms. The van der Waals surface area contributed by atoms with Gasteiger partial charge in [-0.1, -0.05) is 12.1 Å². The summed E-state index contributed by atoms with van der Waals surface area (Å²) in [5.41, 5.74) is 2.32. The number of nitrogens with zero attached hydrogens (tertiary/aromatic N) is 3. The van der Waals surface area contributed by atoms with Crippen LogP contribution in [-0.4, -0.2) is 43.9 Å². The van der Waals surface area contributed by atoms with E-state index in [1.165, 1.54) is 16.8 Å². The zero-order valence-electron chi connectivity index (χ0n) is 23.4. The molecule has 1 N–H and O–H groups in total. The topological polar surface area (TPSA) is 65.3 Å². The van der Waals surface area contributed by atoms with Crippen molar-refractivity contribution in [2.24, 2.45) is 10.2 Å². The van der Waals surface area contributed by atoms with Crippen LogP contribution in [0.4, 0.5) is 17.1 Å². The quantitative estimate of drug-likeness (QED) is 0.141. The molecule has 0 atom stereocenters. The number of carbonyl (C=O) groups is 1. The molecule has 0 aliphatic carbocycles. The number of carboxylic acids is 1. The van der Waals surface area contributed by atoms with Crippen molar-refractivity contribution in [2.75, 3.05) is 18.0 Å².